The normalized spacial score (nSPS) is 21.8. The number of nitrogens with one attached hydrogen (secondary N) is 2. The molecule has 0 spiro atoms. The molecule has 1 saturated carbocycles. The van der Waals surface area contributed by atoms with E-state index in [0.29, 0.717) is 18.3 Å². The van der Waals surface area contributed by atoms with E-state index in [9.17, 15) is 12.6 Å². The number of halogens is 1. The minimum absolute atomic E-state index is 0. The van der Waals surface area contributed by atoms with Gasteiger partial charge in [-0.2, -0.15) is 0 Å². The lowest BCUT2D eigenvalue weighted by Gasteiger charge is -2.30. The topological polar surface area (TPSA) is 114 Å². The molecule has 0 aromatic heterocycles. The van der Waals surface area contributed by atoms with Crippen molar-refractivity contribution < 1.29 is 12.6 Å². The van der Waals surface area contributed by atoms with E-state index in [0.717, 1.165) is 31.2 Å². The molecule has 0 amide bonds. The highest BCUT2D eigenvalue weighted by Gasteiger charge is 2.26. The van der Waals surface area contributed by atoms with Crippen LogP contribution in [0.3, 0.4) is 0 Å². The number of hydrogen-bond acceptors (Lipinski definition) is 4. The summed E-state index contributed by atoms with van der Waals surface area (Å²) in [5.41, 5.74) is 0.799. The maximum atomic E-state index is 12.1. The summed E-state index contributed by atoms with van der Waals surface area (Å²) >= 11 is 0. The first-order valence-corrected chi connectivity index (χ1v) is 11.7. The molecule has 1 aliphatic carbocycles. The molecule has 1 aromatic rings. The lowest BCUT2D eigenvalue weighted by atomic mass is 9.95. The summed E-state index contributed by atoms with van der Waals surface area (Å²) in [5.74, 6) is 1.35. The SMILES string of the molecule is CCS(=O)C1CCCC(NC(=NC)NCc2cccc(S(N)(=O)=O)c2)C1.I. The van der Waals surface area contributed by atoms with E-state index < -0.39 is 20.8 Å². The Morgan fingerprint density at radius 1 is 1.37 bits per heavy atom. The lowest BCUT2D eigenvalue weighted by Crippen LogP contribution is -2.46. The van der Waals surface area contributed by atoms with Gasteiger partial charge in [-0.3, -0.25) is 9.20 Å². The van der Waals surface area contributed by atoms with E-state index in [4.69, 9.17) is 5.14 Å². The number of benzene rings is 1. The quantitative estimate of drug-likeness (QED) is 0.296. The molecule has 10 heteroatoms. The van der Waals surface area contributed by atoms with Gasteiger partial charge in [-0.05, 0) is 37.0 Å². The van der Waals surface area contributed by atoms with Gasteiger partial charge in [-0.1, -0.05) is 25.5 Å². The van der Waals surface area contributed by atoms with Gasteiger partial charge in [0.2, 0.25) is 10.0 Å². The molecule has 3 atom stereocenters. The van der Waals surface area contributed by atoms with Crippen LogP contribution in [0.2, 0.25) is 0 Å². The molecule has 4 N–H and O–H groups in total. The zero-order valence-corrected chi connectivity index (χ0v) is 19.6. The average Bonchev–Trinajstić information content (AvgIpc) is 2.64. The average molecular weight is 528 g/mol. The molecule has 2 rings (SSSR count). The third kappa shape index (κ3) is 7.66. The Morgan fingerprint density at radius 3 is 2.74 bits per heavy atom. The van der Waals surface area contributed by atoms with E-state index in [1.165, 1.54) is 6.07 Å². The largest absolute Gasteiger partial charge is 0.354 e. The first-order chi connectivity index (χ1) is 12.3. The summed E-state index contributed by atoms with van der Waals surface area (Å²) < 4.78 is 35.0. The van der Waals surface area contributed by atoms with Gasteiger partial charge in [0, 0.05) is 41.4 Å². The maximum absolute atomic E-state index is 12.1. The summed E-state index contributed by atoms with van der Waals surface area (Å²) in [6, 6.07) is 6.76. The number of aliphatic imine (C=N–C) groups is 1. The minimum atomic E-state index is -3.71. The summed E-state index contributed by atoms with van der Waals surface area (Å²) in [4.78, 5) is 4.33. The highest BCUT2D eigenvalue weighted by Crippen LogP contribution is 2.23. The van der Waals surface area contributed by atoms with E-state index in [-0.39, 0.29) is 40.2 Å². The van der Waals surface area contributed by atoms with Crippen molar-refractivity contribution in [3.63, 3.8) is 0 Å². The van der Waals surface area contributed by atoms with Crippen LogP contribution in [-0.4, -0.2) is 42.7 Å². The van der Waals surface area contributed by atoms with Gasteiger partial charge < -0.3 is 10.6 Å². The zero-order chi connectivity index (χ0) is 19.2. The van der Waals surface area contributed by atoms with Crippen LogP contribution in [0.15, 0.2) is 34.2 Å². The lowest BCUT2D eigenvalue weighted by molar-refractivity contribution is 0.413. The van der Waals surface area contributed by atoms with Gasteiger partial charge in [-0.25, -0.2) is 13.6 Å². The Hall–Kier alpha value is -0.720. The molecule has 0 radical (unpaired) electrons. The van der Waals surface area contributed by atoms with Crippen molar-refractivity contribution in [1.29, 1.82) is 0 Å². The van der Waals surface area contributed by atoms with Crippen LogP contribution in [0.5, 0.6) is 0 Å². The van der Waals surface area contributed by atoms with Gasteiger partial charge in [0.15, 0.2) is 5.96 Å². The van der Waals surface area contributed by atoms with Crippen molar-refractivity contribution >= 4 is 50.8 Å². The number of sulfonamides is 1. The maximum Gasteiger partial charge on any atom is 0.238 e. The van der Waals surface area contributed by atoms with Crippen molar-refractivity contribution in [3.8, 4) is 0 Å². The second kappa shape index (κ2) is 11.3. The number of hydrogen-bond donors (Lipinski definition) is 3. The van der Waals surface area contributed by atoms with Crippen LogP contribution < -0.4 is 15.8 Å². The van der Waals surface area contributed by atoms with E-state index >= 15 is 0 Å². The highest BCUT2D eigenvalue weighted by molar-refractivity contribution is 14.0. The summed E-state index contributed by atoms with van der Waals surface area (Å²) in [7, 11) is -2.78. The summed E-state index contributed by atoms with van der Waals surface area (Å²) in [6.07, 6.45) is 3.98. The predicted molar refractivity (Wildman–Crippen MR) is 121 cm³/mol. The number of rotatable bonds is 6. The minimum Gasteiger partial charge on any atom is -0.354 e. The molecule has 1 fully saturated rings. The Kier molecular flexibility index (Phi) is 10.2. The van der Waals surface area contributed by atoms with E-state index in [2.05, 4.69) is 15.6 Å². The standard InChI is InChI=1S/C17H28N4O3S2.HI/c1-3-25(22)15-8-5-7-14(11-15)21-17(19-2)20-12-13-6-4-9-16(10-13)26(18,23)24;/h4,6,9-10,14-15H,3,5,7-8,11-12H2,1-2H3,(H2,18,23,24)(H2,19,20,21);1H. The van der Waals surface area contributed by atoms with Crippen molar-refractivity contribution in [2.75, 3.05) is 12.8 Å². The second-order valence-corrected chi connectivity index (χ2v) is 9.98. The predicted octanol–water partition coefficient (Wildman–Crippen LogP) is 1.70. The Morgan fingerprint density at radius 2 is 2.11 bits per heavy atom. The molecule has 0 bridgehead atoms. The number of primary sulfonamides is 1. The van der Waals surface area contributed by atoms with Crippen LogP contribution >= 0.6 is 24.0 Å². The molecule has 1 aliphatic rings. The zero-order valence-electron chi connectivity index (χ0n) is 15.7. The molecule has 3 unspecified atom stereocenters. The van der Waals surface area contributed by atoms with Crippen molar-refractivity contribution in [2.24, 2.45) is 10.1 Å². The van der Waals surface area contributed by atoms with Crippen LogP contribution in [-0.2, 0) is 27.4 Å². The fraction of sp³-hybridized carbons (Fsp3) is 0.588. The van der Waals surface area contributed by atoms with Crippen molar-refractivity contribution in [1.82, 2.24) is 10.6 Å². The van der Waals surface area contributed by atoms with Gasteiger partial charge in [0.05, 0.1) is 4.90 Å². The Labute approximate surface area is 181 Å². The first-order valence-electron chi connectivity index (χ1n) is 8.79. The van der Waals surface area contributed by atoms with E-state index in [1.807, 2.05) is 13.0 Å². The van der Waals surface area contributed by atoms with Gasteiger partial charge in [0.25, 0.3) is 0 Å². The monoisotopic (exact) mass is 528 g/mol. The molecular weight excluding hydrogens is 499 g/mol. The van der Waals surface area contributed by atoms with Crippen LogP contribution in [0, 0.1) is 0 Å². The Balaban J connectivity index is 0.00000364. The van der Waals surface area contributed by atoms with Gasteiger partial charge >= 0.3 is 0 Å². The van der Waals surface area contributed by atoms with Gasteiger partial charge in [-0.15, -0.1) is 24.0 Å². The smallest absolute Gasteiger partial charge is 0.238 e. The second-order valence-electron chi connectivity index (χ2n) is 6.42. The Bertz CT molecular complexity index is 771. The van der Waals surface area contributed by atoms with E-state index in [1.54, 1.807) is 19.2 Å². The molecule has 0 aliphatic heterocycles. The van der Waals surface area contributed by atoms with Crippen LogP contribution in [0.1, 0.15) is 38.2 Å². The van der Waals surface area contributed by atoms with Crippen molar-refractivity contribution in [3.05, 3.63) is 29.8 Å². The third-order valence-electron chi connectivity index (χ3n) is 4.53. The molecule has 154 valence electrons. The van der Waals surface area contributed by atoms with Crippen LogP contribution in [0.25, 0.3) is 0 Å². The van der Waals surface area contributed by atoms with Gasteiger partial charge in [0.1, 0.15) is 0 Å². The number of nitrogens with two attached hydrogens (primary N) is 1. The third-order valence-corrected chi connectivity index (χ3v) is 7.19. The number of nitrogens with zero attached hydrogens (tertiary/aromatic N) is 1. The fourth-order valence-corrected chi connectivity index (χ4v) is 5.09. The first kappa shape index (κ1) is 24.3. The van der Waals surface area contributed by atoms with Crippen molar-refractivity contribution in [2.45, 2.75) is 55.3 Å². The molecule has 7 nitrogen and oxygen atoms in total. The molecule has 0 saturated heterocycles. The highest BCUT2D eigenvalue weighted by atomic mass is 127. The number of guanidine groups is 1. The molecule has 1 aromatic carbocycles. The molecule has 0 heterocycles. The molecular formula is C17H29IN4O3S2. The summed E-state index contributed by atoms with van der Waals surface area (Å²) in [6.45, 7) is 2.39. The summed E-state index contributed by atoms with van der Waals surface area (Å²) in [5, 5.41) is 12.0. The van der Waals surface area contributed by atoms with Crippen LogP contribution in [0.4, 0.5) is 0 Å². The fourth-order valence-electron chi connectivity index (χ4n) is 3.16. The molecule has 27 heavy (non-hydrogen) atoms.